The van der Waals surface area contributed by atoms with Gasteiger partial charge in [0, 0.05) is 5.41 Å². The molecule has 0 unspecified atom stereocenters. The highest BCUT2D eigenvalue weighted by Gasteiger charge is 2.27. The Morgan fingerprint density at radius 1 is 1.27 bits per heavy atom. The van der Waals surface area contributed by atoms with E-state index in [1.165, 1.54) is 19.3 Å². The van der Waals surface area contributed by atoms with Crippen LogP contribution in [0.1, 0.15) is 39.0 Å². The third kappa shape index (κ3) is 2.52. The van der Waals surface area contributed by atoms with E-state index in [0.717, 1.165) is 12.8 Å². The normalized spacial score (nSPS) is 22.6. The van der Waals surface area contributed by atoms with E-state index in [-0.39, 0.29) is 5.41 Å². The van der Waals surface area contributed by atoms with Crippen LogP contribution in [0, 0.1) is 12.0 Å². The van der Waals surface area contributed by atoms with Gasteiger partial charge in [0.05, 0.1) is 0 Å². The van der Waals surface area contributed by atoms with Gasteiger partial charge in [0.1, 0.15) is 6.61 Å². The molecule has 63 valence electrons. The zero-order chi connectivity index (χ0) is 8.16. The number of hydrogen-bond donors (Lipinski definition) is 0. The zero-order valence-corrected chi connectivity index (χ0v) is 7.01. The first-order chi connectivity index (χ1) is 5.27. The van der Waals surface area contributed by atoms with Crippen molar-refractivity contribution >= 4 is 6.47 Å². The van der Waals surface area contributed by atoms with Crippen LogP contribution in [0.15, 0.2) is 0 Å². The van der Waals surface area contributed by atoms with Crippen LogP contribution in [0.3, 0.4) is 0 Å². The highest BCUT2D eigenvalue weighted by Crippen LogP contribution is 2.37. The lowest BCUT2D eigenvalue weighted by molar-refractivity contribution is -0.127. The highest BCUT2D eigenvalue weighted by atomic mass is 16.5. The minimum absolute atomic E-state index is 0.152. The van der Waals surface area contributed by atoms with Crippen LogP contribution in [0.2, 0.25) is 0 Å². The largest absolute Gasteiger partial charge is 0.460 e. The fourth-order valence-corrected chi connectivity index (χ4v) is 1.67. The molecule has 0 bridgehead atoms. The summed E-state index contributed by atoms with van der Waals surface area (Å²) in [4.78, 5) is 9.94. The molecule has 0 N–H and O–H groups in total. The SMILES string of the molecule is CC1([CH]OC=O)CCCCC1. The smallest absolute Gasteiger partial charge is 0.293 e. The van der Waals surface area contributed by atoms with E-state index in [0.29, 0.717) is 6.47 Å². The fourth-order valence-electron chi connectivity index (χ4n) is 1.67. The monoisotopic (exact) mass is 155 g/mol. The van der Waals surface area contributed by atoms with Crippen molar-refractivity contribution in [2.75, 3.05) is 0 Å². The molecule has 1 aliphatic carbocycles. The Bertz CT molecular complexity index is 126. The minimum Gasteiger partial charge on any atom is -0.460 e. The topological polar surface area (TPSA) is 26.3 Å². The quantitative estimate of drug-likeness (QED) is 0.584. The summed E-state index contributed by atoms with van der Waals surface area (Å²) in [5.41, 5.74) is 0.152. The minimum atomic E-state index is 0.152. The fraction of sp³-hybridized carbons (Fsp3) is 0.778. The molecule has 1 saturated carbocycles. The molecule has 0 spiro atoms. The Morgan fingerprint density at radius 3 is 2.45 bits per heavy atom. The summed E-state index contributed by atoms with van der Waals surface area (Å²) in [6.45, 7) is 4.34. The lowest BCUT2D eigenvalue weighted by Gasteiger charge is -2.31. The summed E-state index contributed by atoms with van der Waals surface area (Å²) >= 11 is 0. The number of ether oxygens (including phenoxy) is 1. The van der Waals surface area contributed by atoms with Crippen LogP contribution >= 0.6 is 0 Å². The number of hydrogen-bond acceptors (Lipinski definition) is 2. The van der Waals surface area contributed by atoms with Crippen molar-refractivity contribution in [1.82, 2.24) is 0 Å². The highest BCUT2D eigenvalue weighted by molar-refractivity contribution is 5.38. The van der Waals surface area contributed by atoms with Crippen molar-refractivity contribution in [3.05, 3.63) is 6.61 Å². The van der Waals surface area contributed by atoms with E-state index in [1.807, 2.05) is 0 Å². The van der Waals surface area contributed by atoms with Crippen molar-refractivity contribution in [3.63, 3.8) is 0 Å². The zero-order valence-electron chi connectivity index (χ0n) is 7.01. The van der Waals surface area contributed by atoms with Crippen molar-refractivity contribution in [2.45, 2.75) is 39.0 Å². The summed E-state index contributed by atoms with van der Waals surface area (Å²) in [6, 6.07) is 0. The molecule has 0 aromatic rings. The van der Waals surface area contributed by atoms with E-state index < -0.39 is 0 Å². The van der Waals surface area contributed by atoms with Gasteiger partial charge in [-0.1, -0.05) is 26.2 Å². The first-order valence-corrected chi connectivity index (χ1v) is 4.20. The predicted molar refractivity (Wildman–Crippen MR) is 42.6 cm³/mol. The number of rotatable bonds is 3. The molecule has 1 rings (SSSR count). The molecular weight excluding hydrogens is 140 g/mol. The predicted octanol–water partition coefficient (Wildman–Crippen LogP) is 2.29. The maximum absolute atomic E-state index is 9.94. The summed E-state index contributed by atoms with van der Waals surface area (Å²) < 4.78 is 4.67. The van der Waals surface area contributed by atoms with Crippen LogP contribution in [-0.2, 0) is 9.53 Å². The molecule has 0 heterocycles. The van der Waals surface area contributed by atoms with Crippen LogP contribution in [-0.4, -0.2) is 6.47 Å². The molecule has 2 heteroatoms. The first kappa shape index (κ1) is 8.57. The van der Waals surface area contributed by atoms with Gasteiger partial charge in [-0.3, -0.25) is 4.79 Å². The van der Waals surface area contributed by atoms with Crippen LogP contribution < -0.4 is 0 Å². The Morgan fingerprint density at radius 2 is 1.91 bits per heavy atom. The maximum atomic E-state index is 9.94. The Kier molecular flexibility index (Phi) is 2.92. The second-order valence-electron chi connectivity index (χ2n) is 3.56. The average molecular weight is 155 g/mol. The summed E-state index contributed by atoms with van der Waals surface area (Å²) in [5.74, 6) is 0. The molecule has 0 atom stereocenters. The lowest BCUT2D eigenvalue weighted by Crippen LogP contribution is -2.21. The van der Waals surface area contributed by atoms with E-state index in [1.54, 1.807) is 6.61 Å². The first-order valence-electron chi connectivity index (χ1n) is 4.20. The Balaban J connectivity index is 2.30. The van der Waals surface area contributed by atoms with Gasteiger partial charge in [0.15, 0.2) is 0 Å². The second-order valence-corrected chi connectivity index (χ2v) is 3.56. The molecule has 1 aliphatic rings. The van der Waals surface area contributed by atoms with E-state index in [4.69, 9.17) is 0 Å². The van der Waals surface area contributed by atoms with Gasteiger partial charge in [0.2, 0.25) is 0 Å². The van der Waals surface area contributed by atoms with E-state index in [9.17, 15) is 4.79 Å². The van der Waals surface area contributed by atoms with Gasteiger partial charge in [0.25, 0.3) is 6.47 Å². The number of carbonyl (C=O) groups excluding carboxylic acids is 1. The Hall–Kier alpha value is -0.530. The maximum Gasteiger partial charge on any atom is 0.293 e. The molecule has 0 amide bonds. The summed E-state index contributed by atoms with van der Waals surface area (Å²) in [5, 5.41) is 0. The van der Waals surface area contributed by atoms with Crippen molar-refractivity contribution in [1.29, 1.82) is 0 Å². The van der Waals surface area contributed by atoms with Gasteiger partial charge in [-0.05, 0) is 12.8 Å². The summed E-state index contributed by atoms with van der Waals surface area (Å²) in [7, 11) is 0. The molecule has 0 saturated heterocycles. The molecule has 0 aliphatic heterocycles. The third-order valence-electron chi connectivity index (χ3n) is 2.40. The molecular formula is C9H15O2. The van der Waals surface area contributed by atoms with Crippen LogP contribution in [0.4, 0.5) is 0 Å². The van der Waals surface area contributed by atoms with E-state index >= 15 is 0 Å². The van der Waals surface area contributed by atoms with Crippen LogP contribution in [0.25, 0.3) is 0 Å². The average Bonchev–Trinajstić information content (AvgIpc) is 2.03. The van der Waals surface area contributed by atoms with Gasteiger partial charge in [-0.2, -0.15) is 0 Å². The molecule has 2 nitrogen and oxygen atoms in total. The van der Waals surface area contributed by atoms with Gasteiger partial charge in [-0.25, -0.2) is 0 Å². The summed E-state index contributed by atoms with van der Waals surface area (Å²) in [6.07, 6.45) is 6.15. The van der Waals surface area contributed by atoms with Crippen molar-refractivity contribution in [3.8, 4) is 0 Å². The van der Waals surface area contributed by atoms with Crippen molar-refractivity contribution in [2.24, 2.45) is 5.41 Å². The third-order valence-corrected chi connectivity index (χ3v) is 2.40. The van der Waals surface area contributed by atoms with Gasteiger partial charge in [-0.15, -0.1) is 0 Å². The van der Waals surface area contributed by atoms with E-state index in [2.05, 4.69) is 11.7 Å². The van der Waals surface area contributed by atoms with Gasteiger partial charge < -0.3 is 4.74 Å². The molecule has 11 heavy (non-hydrogen) atoms. The molecule has 1 radical (unpaired) electrons. The molecule has 0 aromatic carbocycles. The standard InChI is InChI=1S/C9H15O2/c1-9(7-11-8-10)5-3-2-4-6-9/h7-8H,2-6H2,1H3. The lowest BCUT2D eigenvalue weighted by atomic mass is 9.76. The molecule has 0 aromatic heterocycles. The second kappa shape index (κ2) is 3.74. The van der Waals surface area contributed by atoms with Crippen LogP contribution in [0.5, 0.6) is 0 Å². The Labute approximate surface area is 67.9 Å². The van der Waals surface area contributed by atoms with Gasteiger partial charge >= 0.3 is 0 Å². The number of carbonyl (C=O) groups is 1. The molecule has 1 fully saturated rings. The van der Waals surface area contributed by atoms with Crippen molar-refractivity contribution < 1.29 is 9.53 Å².